The summed E-state index contributed by atoms with van der Waals surface area (Å²) in [6.07, 6.45) is 4.63. The van der Waals surface area contributed by atoms with Crippen molar-refractivity contribution >= 4 is 42.0 Å². The molecule has 2 heterocycles. The third kappa shape index (κ3) is 5.01. The van der Waals surface area contributed by atoms with Gasteiger partial charge in [0.1, 0.15) is 12.1 Å². The van der Waals surface area contributed by atoms with E-state index >= 15 is 0 Å². The zero-order chi connectivity index (χ0) is 14.8. The molecule has 2 aromatic rings. The van der Waals surface area contributed by atoms with E-state index in [4.69, 9.17) is 5.73 Å². The van der Waals surface area contributed by atoms with Crippen molar-refractivity contribution in [1.82, 2.24) is 15.0 Å². The molecule has 0 atom stereocenters. The summed E-state index contributed by atoms with van der Waals surface area (Å²) < 4.78 is 0. The fourth-order valence-electron chi connectivity index (χ4n) is 2.54. The average Bonchev–Trinajstić information content (AvgIpc) is 2.74. The van der Waals surface area contributed by atoms with Crippen molar-refractivity contribution in [2.24, 2.45) is 5.73 Å². The second-order valence-corrected chi connectivity index (χ2v) is 6.97. The summed E-state index contributed by atoms with van der Waals surface area (Å²) in [5, 5.41) is 4.54. The van der Waals surface area contributed by atoms with Gasteiger partial charge >= 0.3 is 0 Å². The van der Waals surface area contributed by atoms with Crippen LogP contribution in [0, 0.1) is 13.8 Å². The molecule has 0 unspecified atom stereocenters. The molecule has 0 saturated heterocycles. The zero-order valence-electron chi connectivity index (χ0n) is 13.3. The number of rotatable bonds is 5. The highest BCUT2D eigenvalue weighted by molar-refractivity contribution is 7.11. The molecular formula is C15H23Cl2N5S. The van der Waals surface area contributed by atoms with E-state index in [9.17, 15) is 0 Å². The lowest BCUT2D eigenvalue weighted by molar-refractivity contribution is 0.345. The largest absolute Gasteiger partial charge is 0.370 e. The number of aromatic nitrogens is 3. The molecule has 1 saturated carbocycles. The molecule has 1 aliphatic carbocycles. The van der Waals surface area contributed by atoms with E-state index < -0.39 is 0 Å². The van der Waals surface area contributed by atoms with Crippen LogP contribution in [0.4, 0.5) is 5.82 Å². The molecular weight excluding hydrogens is 353 g/mol. The van der Waals surface area contributed by atoms with Gasteiger partial charge in [0.2, 0.25) is 0 Å². The van der Waals surface area contributed by atoms with Crippen molar-refractivity contribution in [2.75, 3.05) is 11.9 Å². The lowest BCUT2D eigenvalue weighted by Gasteiger charge is -2.31. The first-order valence-electron chi connectivity index (χ1n) is 7.36. The highest BCUT2D eigenvalue weighted by Crippen LogP contribution is 2.34. The standard InChI is InChI=1S/C15H21N5S.2ClH/c1-9-10(2)21-15(20-9)3-4-17-14-7-13(18-8-19-14)11-5-12(16)6-11;;/h7-8,11-12H,3-6,16H2,1-2H3,(H,17,18,19);2*1H. The number of hydrogen-bond donors (Lipinski definition) is 2. The topological polar surface area (TPSA) is 76.7 Å². The number of anilines is 1. The molecule has 0 bridgehead atoms. The SMILES string of the molecule is Cc1nc(CCNc2cc(C3CC(N)C3)ncn2)sc1C.Cl.Cl. The fourth-order valence-corrected chi connectivity index (χ4v) is 3.47. The van der Waals surface area contributed by atoms with Crippen LogP contribution in [0.2, 0.25) is 0 Å². The molecule has 23 heavy (non-hydrogen) atoms. The number of nitrogens with one attached hydrogen (secondary N) is 1. The lowest BCUT2D eigenvalue weighted by atomic mass is 9.79. The van der Waals surface area contributed by atoms with E-state index in [0.29, 0.717) is 12.0 Å². The van der Waals surface area contributed by atoms with Crippen LogP contribution in [-0.4, -0.2) is 27.5 Å². The Morgan fingerprint density at radius 3 is 2.61 bits per heavy atom. The third-order valence-corrected chi connectivity index (χ3v) is 5.13. The highest BCUT2D eigenvalue weighted by Gasteiger charge is 2.28. The van der Waals surface area contributed by atoms with Gasteiger partial charge in [-0.05, 0) is 26.7 Å². The van der Waals surface area contributed by atoms with Crippen molar-refractivity contribution in [3.8, 4) is 0 Å². The second kappa shape index (κ2) is 8.78. The first-order valence-corrected chi connectivity index (χ1v) is 8.18. The average molecular weight is 376 g/mol. The number of thiazole rings is 1. The number of halogens is 2. The second-order valence-electron chi connectivity index (χ2n) is 5.68. The molecule has 8 heteroatoms. The van der Waals surface area contributed by atoms with Gasteiger partial charge in [0, 0.05) is 41.6 Å². The third-order valence-electron chi connectivity index (χ3n) is 4.00. The first-order chi connectivity index (χ1) is 10.1. The zero-order valence-corrected chi connectivity index (χ0v) is 15.7. The molecule has 0 radical (unpaired) electrons. The maximum absolute atomic E-state index is 5.84. The van der Waals surface area contributed by atoms with Crippen molar-refractivity contribution in [3.63, 3.8) is 0 Å². The van der Waals surface area contributed by atoms with Gasteiger partial charge in [0.25, 0.3) is 0 Å². The maximum Gasteiger partial charge on any atom is 0.129 e. The smallest absolute Gasteiger partial charge is 0.129 e. The molecule has 3 N–H and O–H groups in total. The van der Waals surface area contributed by atoms with Crippen LogP contribution in [0.3, 0.4) is 0 Å². The Bertz CT molecular complexity index is 609. The fraction of sp³-hybridized carbons (Fsp3) is 0.533. The van der Waals surface area contributed by atoms with Gasteiger partial charge in [-0.1, -0.05) is 0 Å². The first kappa shape index (κ1) is 20.1. The van der Waals surface area contributed by atoms with Crippen molar-refractivity contribution < 1.29 is 0 Å². The molecule has 1 fully saturated rings. The van der Waals surface area contributed by atoms with E-state index in [2.05, 4.69) is 40.2 Å². The van der Waals surface area contributed by atoms with E-state index in [1.165, 1.54) is 9.88 Å². The van der Waals surface area contributed by atoms with Gasteiger partial charge in [-0.25, -0.2) is 15.0 Å². The van der Waals surface area contributed by atoms with Crippen LogP contribution < -0.4 is 11.1 Å². The van der Waals surface area contributed by atoms with Crippen LogP contribution in [-0.2, 0) is 6.42 Å². The van der Waals surface area contributed by atoms with E-state index in [0.717, 1.165) is 43.0 Å². The summed E-state index contributed by atoms with van der Waals surface area (Å²) in [5.41, 5.74) is 8.08. The molecule has 1 aliphatic rings. The number of nitrogens with two attached hydrogens (primary N) is 1. The minimum absolute atomic E-state index is 0. The van der Waals surface area contributed by atoms with Gasteiger partial charge in [-0.2, -0.15) is 0 Å². The van der Waals surface area contributed by atoms with Crippen molar-refractivity contribution in [3.05, 3.63) is 33.7 Å². The van der Waals surface area contributed by atoms with Crippen LogP contribution in [0.15, 0.2) is 12.4 Å². The highest BCUT2D eigenvalue weighted by atomic mass is 35.5. The Balaban J connectivity index is 0.00000132. The summed E-state index contributed by atoms with van der Waals surface area (Å²) >= 11 is 1.77. The minimum Gasteiger partial charge on any atom is -0.370 e. The normalized spacial score (nSPS) is 19.3. The van der Waals surface area contributed by atoms with Gasteiger partial charge < -0.3 is 11.1 Å². The predicted octanol–water partition coefficient (Wildman–Crippen LogP) is 3.25. The number of aryl methyl sites for hydroxylation is 2. The predicted molar refractivity (Wildman–Crippen MR) is 100 cm³/mol. The van der Waals surface area contributed by atoms with Crippen LogP contribution >= 0.6 is 36.2 Å². The summed E-state index contributed by atoms with van der Waals surface area (Å²) in [5.74, 6) is 1.40. The summed E-state index contributed by atoms with van der Waals surface area (Å²) in [6, 6.07) is 2.40. The molecule has 0 aliphatic heterocycles. The Hall–Kier alpha value is -0.950. The van der Waals surface area contributed by atoms with Crippen LogP contribution in [0.5, 0.6) is 0 Å². The molecule has 0 spiro atoms. The van der Waals surface area contributed by atoms with Gasteiger partial charge in [-0.3, -0.25) is 0 Å². The quantitative estimate of drug-likeness (QED) is 0.838. The van der Waals surface area contributed by atoms with Gasteiger partial charge in [0.15, 0.2) is 0 Å². The number of hydrogen-bond acceptors (Lipinski definition) is 6. The molecule has 3 rings (SSSR count). The Morgan fingerprint density at radius 1 is 1.26 bits per heavy atom. The van der Waals surface area contributed by atoms with Crippen LogP contribution in [0.25, 0.3) is 0 Å². The minimum atomic E-state index is 0. The lowest BCUT2D eigenvalue weighted by Crippen LogP contribution is -2.35. The maximum atomic E-state index is 5.84. The van der Waals surface area contributed by atoms with E-state index in [-0.39, 0.29) is 24.8 Å². The van der Waals surface area contributed by atoms with E-state index in [1.54, 1.807) is 17.7 Å². The Kier molecular flexibility index (Phi) is 7.67. The summed E-state index contributed by atoms with van der Waals surface area (Å²) in [4.78, 5) is 14.5. The van der Waals surface area contributed by atoms with E-state index in [1.807, 2.05) is 0 Å². The van der Waals surface area contributed by atoms with Gasteiger partial charge in [0.05, 0.1) is 10.7 Å². The monoisotopic (exact) mass is 375 g/mol. The van der Waals surface area contributed by atoms with Gasteiger partial charge in [-0.15, -0.1) is 36.2 Å². The van der Waals surface area contributed by atoms with Crippen LogP contribution in [0.1, 0.15) is 40.0 Å². The van der Waals surface area contributed by atoms with Crippen molar-refractivity contribution in [2.45, 2.75) is 45.1 Å². The molecule has 2 aromatic heterocycles. The molecule has 0 aromatic carbocycles. The Morgan fingerprint density at radius 2 is 2.00 bits per heavy atom. The summed E-state index contributed by atoms with van der Waals surface area (Å²) in [7, 11) is 0. The molecule has 0 amide bonds. The summed E-state index contributed by atoms with van der Waals surface area (Å²) in [6.45, 7) is 5.01. The molecule has 128 valence electrons. The molecule has 5 nitrogen and oxygen atoms in total. The Labute approximate surface area is 153 Å². The number of nitrogens with zero attached hydrogens (tertiary/aromatic N) is 3. The van der Waals surface area contributed by atoms with Crippen molar-refractivity contribution in [1.29, 1.82) is 0 Å².